The molecule has 0 aromatic heterocycles. The molecule has 1 aliphatic rings. The lowest BCUT2D eigenvalue weighted by molar-refractivity contribution is 0.0104. The summed E-state index contributed by atoms with van der Waals surface area (Å²) in [6.07, 6.45) is 2.42. The van der Waals surface area contributed by atoms with Gasteiger partial charge in [-0.15, -0.1) is 0 Å². The van der Waals surface area contributed by atoms with Gasteiger partial charge in [0.05, 0.1) is 6.61 Å². The summed E-state index contributed by atoms with van der Waals surface area (Å²) in [5.74, 6) is 0.654. The van der Waals surface area contributed by atoms with Gasteiger partial charge in [0.2, 0.25) is 0 Å². The summed E-state index contributed by atoms with van der Waals surface area (Å²) in [5, 5.41) is 3.73. The molecule has 1 rings (SSSR count). The monoisotopic (exact) mass is 256 g/mol. The third-order valence-electron chi connectivity index (χ3n) is 4.49. The van der Waals surface area contributed by atoms with E-state index in [0.29, 0.717) is 17.5 Å². The van der Waals surface area contributed by atoms with E-state index >= 15 is 0 Å². The quantitative estimate of drug-likeness (QED) is 0.757. The van der Waals surface area contributed by atoms with E-state index in [2.05, 4.69) is 44.8 Å². The molecule has 3 nitrogen and oxygen atoms in total. The minimum Gasteiger partial charge on any atom is -0.380 e. The van der Waals surface area contributed by atoms with Crippen molar-refractivity contribution in [2.75, 3.05) is 32.8 Å². The Hall–Kier alpha value is -0.120. The molecule has 0 bridgehead atoms. The van der Waals surface area contributed by atoms with Gasteiger partial charge in [0.1, 0.15) is 0 Å². The molecule has 3 heteroatoms. The molecule has 1 atom stereocenters. The van der Waals surface area contributed by atoms with Gasteiger partial charge in [0.15, 0.2) is 0 Å². The Morgan fingerprint density at radius 2 is 1.89 bits per heavy atom. The van der Waals surface area contributed by atoms with Crippen molar-refractivity contribution in [1.82, 2.24) is 10.2 Å². The molecular formula is C15H32N2O. The lowest BCUT2D eigenvalue weighted by Gasteiger charge is -2.47. The van der Waals surface area contributed by atoms with E-state index in [4.69, 9.17) is 4.74 Å². The van der Waals surface area contributed by atoms with Gasteiger partial charge < -0.3 is 10.1 Å². The van der Waals surface area contributed by atoms with Crippen molar-refractivity contribution in [2.24, 2.45) is 5.92 Å². The molecule has 0 spiro atoms. The summed E-state index contributed by atoms with van der Waals surface area (Å²) in [5.41, 5.74) is 0.317. The van der Waals surface area contributed by atoms with E-state index in [1.54, 1.807) is 0 Å². The van der Waals surface area contributed by atoms with Crippen LogP contribution in [0, 0.1) is 5.92 Å². The molecule has 0 radical (unpaired) electrons. The van der Waals surface area contributed by atoms with Crippen LogP contribution < -0.4 is 5.32 Å². The van der Waals surface area contributed by atoms with Gasteiger partial charge in [-0.1, -0.05) is 27.7 Å². The second-order valence-electron chi connectivity index (χ2n) is 5.86. The van der Waals surface area contributed by atoms with Crippen LogP contribution in [0.1, 0.15) is 47.5 Å². The van der Waals surface area contributed by atoms with Crippen LogP contribution in [0.25, 0.3) is 0 Å². The van der Waals surface area contributed by atoms with Crippen LogP contribution in [-0.4, -0.2) is 49.3 Å². The van der Waals surface area contributed by atoms with Crippen molar-refractivity contribution in [2.45, 2.75) is 59.0 Å². The Kier molecular flexibility index (Phi) is 6.61. The first kappa shape index (κ1) is 15.9. The highest BCUT2D eigenvalue weighted by Gasteiger charge is 2.35. The SMILES string of the molecule is CCOCC(C(C)C)N1CCNC(CC)(CC)C1. The number of hydrogen-bond acceptors (Lipinski definition) is 3. The molecule has 1 aliphatic heterocycles. The molecule has 0 aliphatic carbocycles. The molecule has 1 fully saturated rings. The maximum absolute atomic E-state index is 5.68. The predicted octanol–water partition coefficient (Wildman–Crippen LogP) is 2.51. The van der Waals surface area contributed by atoms with Crippen LogP contribution >= 0.6 is 0 Å². The highest BCUT2D eigenvalue weighted by Crippen LogP contribution is 2.23. The third-order valence-corrected chi connectivity index (χ3v) is 4.49. The summed E-state index contributed by atoms with van der Waals surface area (Å²) in [4.78, 5) is 2.64. The molecule has 1 heterocycles. The van der Waals surface area contributed by atoms with Crippen molar-refractivity contribution in [3.8, 4) is 0 Å². The maximum atomic E-state index is 5.68. The molecule has 0 amide bonds. The number of ether oxygens (including phenoxy) is 1. The standard InChI is InChI=1S/C15H32N2O/c1-6-15(7-2)12-17(10-9-16-15)14(13(4)5)11-18-8-3/h13-14,16H,6-12H2,1-5H3. The molecule has 0 saturated carbocycles. The second-order valence-corrected chi connectivity index (χ2v) is 5.86. The van der Waals surface area contributed by atoms with E-state index in [0.717, 1.165) is 32.8 Å². The summed E-state index contributed by atoms with van der Waals surface area (Å²) >= 11 is 0. The highest BCUT2D eigenvalue weighted by atomic mass is 16.5. The first-order chi connectivity index (χ1) is 8.58. The van der Waals surface area contributed by atoms with Gasteiger partial charge in [-0.2, -0.15) is 0 Å². The van der Waals surface area contributed by atoms with Gasteiger partial charge in [-0.05, 0) is 25.7 Å². The van der Waals surface area contributed by atoms with E-state index in [9.17, 15) is 0 Å². The molecule has 0 aromatic carbocycles. The smallest absolute Gasteiger partial charge is 0.0624 e. The van der Waals surface area contributed by atoms with E-state index in [-0.39, 0.29) is 0 Å². The lowest BCUT2D eigenvalue weighted by Crippen LogP contribution is -2.63. The molecule has 108 valence electrons. The Morgan fingerprint density at radius 1 is 1.22 bits per heavy atom. The summed E-state index contributed by atoms with van der Waals surface area (Å²) in [6.45, 7) is 16.4. The number of nitrogens with zero attached hydrogens (tertiary/aromatic N) is 1. The minimum absolute atomic E-state index is 0.317. The second kappa shape index (κ2) is 7.46. The zero-order chi connectivity index (χ0) is 13.6. The topological polar surface area (TPSA) is 24.5 Å². The number of hydrogen-bond donors (Lipinski definition) is 1. The van der Waals surface area contributed by atoms with E-state index in [1.165, 1.54) is 12.8 Å². The predicted molar refractivity (Wildman–Crippen MR) is 78.0 cm³/mol. The van der Waals surface area contributed by atoms with Gasteiger partial charge >= 0.3 is 0 Å². The van der Waals surface area contributed by atoms with Crippen LogP contribution in [0.5, 0.6) is 0 Å². The molecule has 0 aromatic rings. The summed E-state index contributed by atoms with van der Waals surface area (Å²) < 4.78 is 5.68. The third kappa shape index (κ3) is 3.94. The average molecular weight is 256 g/mol. The first-order valence-corrected chi connectivity index (χ1v) is 7.65. The van der Waals surface area contributed by atoms with Crippen molar-refractivity contribution in [3.05, 3.63) is 0 Å². The van der Waals surface area contributed by atoms with Crippen LogP contribution in [0.3, 0.4) is 0 Å². The fourth-order valence-electron chi connectivity index (χ4n) is 2.95. The number of nitrogens with one attached hydrogen (secondary N) is 1. The van der Waals surface area contributed by atoms with E-state index in [1.807, 2.05) is 0 Å². The van der Waals surface area contributed by atoms with Crippen LogP contribution in [0.15, 0.2) is 0 Å². The average Bonchev–Trinajstić information content (AvgIpc) is 2.39. The van der Waals surface area contributed by atoms with Gasteiger partial charge in [-0.3, -0.25) is 4.90 Å². The minimum atomic E-state index is 0.317. The molecular weight excluding hydrogens is 224 g/mol. The van der Waals surface area contributed by atoms with Crippen LogP contribution in [0.4, 0.5) is 0 Å². The van der Waals surface area contributed by atoms with E-state index < -0.39 is 0 Å². The summed E-state index contributed by atoms with van der Waals surface area (Å²) in [6, 6.07) is 0.560. The fraction of sp³-hybridized carbons (Fsp3) is 1.00. The summed E-state index contributed by atoms with van der Waals surface area (Å²) in [7, 11) is 0. The largest absolute Gasteiger partial charge is 0.380 e. The Labute approximate surface area is 113 Å². The lowest BCUT2D eigenvalue weighted by atomic mass is 9.88. The van der Waals surface area contributed by atoms with Gasteiger partial charge in [0.25, 0.3) is 0 Å². The van der Waals surface area contributed by atoms with Crippen molar-refractivity contribution in [1.29, 1.82) is 0 Å². The Bertz CT molecular complexity index is 227. The van der Waals surface area contributed by atoms with Gasteiger partial charge in [-0.25, -0.2) is 0 Å². The molecule has 1 N–H and O–H groups in total. The number of rotatable bonds is 7. The molecule has 18 heavy (non-hydrogen) atoms. The van der Waals surface area contributed by atoms with Crippen molar-refractivity contribution in [3.63, 3.8) is 0 Å². The normalized spacial score (nSPS) is 22.3. The first-order valence-electron chi connectivity index (χ1n) is 7.65. The zero-order valence-electron chi connectivity index (χ0n) is 13.0. The highest BCUT2D eigenvalue weighted by molar-refractivity contribution is 4.95. The van der Waals surface area contributed by atoms with Gasteiger partial charge in [0, 0.05) is 37.8 Å². The number of piperazine rings is 1. The molecule has 1 unspecified atom stereocenters. The van der Waals surface area contributed by atoms with Crippen LogP contribution in [-0.2, 0) is 4.74 Å². The Balaban J connectivity index is 2.67. The zero-order valence-corrected chi connectivity index (χ0v) is 13.0. The Morgan fingerprint density at radius 3 is 2.39 bits per heavy atom. The van der Waals surface area contributed by atoms with Crippen LogP contribution in [0.2, 0.25) is 0 Å². The molecule has 1 saturated heterocycles. The fourth-order valence-corrected chi connectivity index (χ4v) is 2.95. The van der Waals surface area contributed by atoms with Crippen molar-refractivity contribution < 1.29 is 4.74 Å². The maximum Gasteiger partial charge on any atom is 0.0624 e. The van der Waals surface area contributed by atoms with Crippen molar-refractivity contribution >= 4 is 0 Å².